The van der Waals surface area contributed by atoms with Crippen LogP contribution in [0.5, 0.6) is 0 Å². The zero-order valence-corrected chi connectivity index (χ0v) is 15.5. The maximum Gasteiger partial charge on any atom is 0.407 e. The highest BCUT2D eigenvalue weighted by atomic mass is 127. The van der Waals surface area contributed by atoms with Crippen molar-refractivity contribution >= 4 is 45.5 Å². The molecule has 3 N–H and O–H groups in total. The molecule has 3 rings (SSSR count). The first-order valence-corrected chi connectivity index (χ1v) is 8.55. The Morgan fingerprint density at radius 1 is 1.43 bits per heavy atom. The average molecular weight is 429 g/mol. The van der Waals surface area contributed by atoms with Crippen LogP contribution in [0.2, 0.25) is 0 Å². The molecule has 7 nitrogen and oxygen atoms in total. The Hall–Kier alpha value is -1.58. The van der Waals surface area contributed by atoms with E-state index in [-0.39, 0.29) is 17.5 Å². The normalized spacial score (nSPS) is 22.0. The van der Waals surface area contributed by atoms with Gasteiger partial charge in [-0.3, -0.25) is 0 Å². The minimum Gasteiger partial charge on any atom is -0.465 e. The van der Waals surface area contributed by atoms with Gasteiger partial charge in [0.15, 0.2) is 0 Å². The van der Waals surface area contributed by atoms with E-state index in [4.69, 9.17) is 5.73 Å². The second kappa shape index (κ2) is 5.50. The maximum atomic E-state index is 11.6. The van der Waals surface area contributed by atoms with Crippen LogP contribution in [0.15, 0.2) is 12.5 Å². The minimum atomic E-state index is -0.868. The van der Waals surface area contributed by atoms with Crippen LogP contribution in [0, 0.1) is 8.99 Å². The molecule has 0 bridgehead atoms. The molecular weight excluding hydrogens is 409 g/mol. The van der Waals surface area contributed by atoms with Crippen molar-refractivity contribution in [2.45, 2.75) is 39.3 Å². The van der Waals surface area contributed by atoms with Crippen LogP contribution < -0.4 is 5.73 Å². The summed E-state index contributed by atoms with van der Waals surface area (Å²) in [6, 6.07) is -0.0889. The fraction of sp³-hybridized carbons (Fsp3) is 0.533. The number of rotatable bonds is 1. The third-order valence-corrected chi connectivity index (χ3v) is 5.27. The van der Waals surface area contributed by atoms with Crippen LogP contribution in [-0.4, -0.2) is 43.2 Å². The smallest absolute Gasteiger partial charge is 0.407 e. The number of aromatic nitrogens is 3. The molecule has 1 aliphatic heterocycles. The van der Waals surface area contributed by atoms with Gasteiger partial charge in [0.1, 0.15) is 17.8 Å². The van der Waals surface area contributed by atoms with E-state index in [0.717, 1.165) is 21.0 Å². The predicted molar refractivity (Wildman–Crippen MR) is 96.3 cm³/mol. The number of hydrogen-bond acceptors (Lipinski definition) is 4. The van der Waals surface area contributed by atoms with Gasteiger partial charge in [0, 0.05) is 16.3 Å². The minimum absolute atomic E-state index is 0.0337. The molecule has 2 unspecified atom stereocenters. The van der Waals surface area contributed by atoms with Crippen molar-refractivity contribution in [3.05, 3.63) is 16.1 Å². The van der Waals surface area contributed by atoms with Crippen LogP contribution in [0.3, 0.4) is 0 Å². The van der Waals surface area contributed by atoms with Crippen molar-refractivity contribution in [1.29, 1.82) is 0 Å². The highest BCUT2D eigenvalue weighted by molar-refractivity contribution is 14.1. The summed E-state index contributed by atoms with van der Waals surface area (Å²) in [4.78, 5) is 21.6. The number of carboxylic acid groups (broad SMARTS) is 1. The number of likely N-dealkylation sites (tertiary alicyclic amines) is 1. The van der Waals surface area contributed by atoms with Gasteiger partial charge in [-0.2, -0.15) is 0 Å². The summed E-state index contributed by atoms with van der Waals surface area (Å²) in [6.07, 6.45) is 3.36. The van der Waals surface area contributed by atoms with Crippen LogP contribution in [0.25, 0.3) is 11.0 Å². The molecule has 3 heterocycles. The highest BCUT2D eigenvalue weighted by Gasteiger charge is 2.45. The molecule has 0 aliphatic carbocycles. The largest absolute Gasteiger partial charge is 0.465 e. The molecule has 2 aromatic heterocycles. The van der Waals surface area contributed by atoms with Gasteiger partial charge in [0.2, 0.25) is 0 Å². The van der Waals surface area contributed by atoms with Crippen molar-refractivity contribution in [3.63, 3.8) is 0 Å². The zero-order chi connectivity index (χ0) is 16.9. The zero-order valence-electron chi connectivity index (χ0n) is 13.3. The topological polar surface area (TPSA) is 97.3 Å². The number of nitrogens with zero attached hydrogens (tertiary/aromatic N) is 4. The predicted octanol–water partition coefficient (Wildman–Crippen LogP) is 2.96. The molecule has 0 radical (unpaired) electrons. The number of anilines is 1. The van der Waals surface area contributed by atoms with E-state index in [0.29, 0.717) is 12.4 Å². The van der Waals surface area contributed by atoms with Crippen molar-refractivity contribution in [2.75, 3.05) is 12.3 Å². The molecule has 8 heteroatoms. The standard InChI is InChI=1S/C15H20IN5O2/c1-15(2,3)11-9(4-5-20(11)14(22)23)21-6-8(16)10-12(17)18-7-19-13(10)21/h6-7,9,11H,4-5H2,1-3H3,(H,22,23)(H2,17,18,19). The molecule has 0 saturated carbocycles. The quantitative estimate of drug-likeness (QED) is 0.680. The molecule has 1 amide bonds. The molecular formula is C15H20IN5O2. The molecule has 124 valence electrons. The van der Waals surface area contributed by atoms with E-state index in [1.54, 1.807) is 4.90 Å². The van der Waals surface area contributed by atoms with Crippen LogP contribution in [0.1, 0.15) is 33.2 Å². The Kier molecular flexibility index (Phi) is 3.89. The SMILES string of the molecule is CC(C)(C)C1C(n2cc(I)c3c(N)ncnc32)CCN1C(=O)O. The van der Waals surface area contributed by atoms with E-state index in [9.17, 15) is 9.90 Å². The summed E-state index contributed by atoms with van der Waals surface area (Å²) in [5.41, 5.74) is 6.58. The summed E-state index contributed by atoms with van der Waals surface area (Å²) in [7, 11) is 0. The lowest BCUT2D eigenvalue weighted by atomic mass is 9.82. The molecule has 1 saturated heterocycles. The van der Waals surface area contributed by atoms with Crippen LogP contribution >= 0.6 is 22.6 Å². The van der Waals surface area contributed by atoms with Gasteiger partial charge in [0.05, 0.1) is 17.5 Å². The third-order valence-electron chi connectivity index (χ3n) is 4.45. The van der Waals surface area contributed by atoms with Crippen molar-refractivity contribution in [2.24, 2.45) is 5.41 Å². The molecule has 0 spiro atoms. The summed E-state index contributed by atoms with van der Waals surface area (Å²) >= 11 is 2.23. The molecule has 1 aliphatic rings. The highest BCUT2D eigenvalue weighted by Crippen LogP contribution is 2.42. The molecule has 2 atom stereocenters. The van der Waals surface area contributed by atoms with Gasteiger partial charge in [-0.05, 0) is 34.4 Å². The van der Waals surface area contributed by atoms with Gasteiger partial charge in [-0.25, -0.2) is 14.8 Å². The van der Waals surface area contributed by atoms with Gasteiger partial charge >= 0.3 is 6.09 Å². The first-order valence-electron chi connectivity index (χ1n) is 7.48. The molecule has 23 heavy (non-hydrogen) atoms. The fourth-order valence-corrected chi connectivity index (χ4v) is 4.46. The number of amides is 1. The van der Waals surface area contributed by atoms with E-state index < -0.39 is 6.09 Å². The second-order valence-corrected chi connectivity index (χ2v) is 8.15. The number of nitrogens with two attached hydrogens (primary N) is 1. The van der Waals surface area contributed by atoms with Gasteiger partial charge in [-0.15, -0.1) is 0 Å². The number of halogens is 1. The average Bonchev–Trinajstić information content (AvgIpc) is 3.00. The Labute approximate surface area is 148 Å². The Balaban J connectivity index is 2.15. The molecule has 1 fully saturated rings. The Morgan fingerprint density at radius 2 is 2.13 bits per heavy atom. The first kappa shape index (κ1) is 16.3. The van der Waals surface area contributed by atoms with E-state index >= 15 is 0 Å². The van der Waals surface area contributed by atoms with Gasteiger partial charge in [0.25, 0.3) is 0 Å². The summed E-state index contributed by atoms with van der Waals surface area (Å²) in [5.74, 6) is 0.457. The van der Waals surface area contributed by atoms with E-state index in [2.05, 4.69) is 57.9 Å². The summed E-state index contributed by atoms with van der Waals surface area (Å²) < 4.78 is 3.06. The van der Waals surface area contributed by atoms with Crippen molar-refractivity contribution < 1.29 is 9.90 Å². The summed E-state index contributed by atoms with van der Waals surface area (Å²) in [5, 5.41) is 10.4. The first-order chi connectivity index (χ1) is 10.7. The fourth-order valence-electron chi connectivity index (χ4n) is 3.64. The second-order valence-electron chi connectivity index (χ2n) is 6.98. The monoisotopic (exact) mass is 429 g/mol. The lowest BCUT2D eigenvalue weighted by molar-refractivity contribution is 0.0932. The van der Waals surface area contributed by atoms with Crippen LogP contribution in [0.4, 0.5) is 10.6 Å². The van der Waals surface area contributed by atoms with E-state index in [1.807, 2.05) is 6.20 Å². The van der Waals surface area contributed by atoms with Crippen molar-refractivity contribution in [3.8, 4) is 0 Å². The third kappa shape index (κ3) is 2.62. The Bertz CT molecular complexity index is 767. The van der Waals surface area contributed by atoms with E-state index in [1.165, 1.54) is 6.33 Å². The van der Waals surface area contributed by atoms with Gasteiger partial charge < -0.3 is 20.3 Å². The lowest BCUT2D eigenvalue weighted by Gasteiger charge is -2.37. The molecule has 0 aromatic carbocycles. The number of nitrogen functional groups attached to an aromatic ring is 1. The van der Waals surface area contributed by atoms with Crippen molar-refractivity contribution in [1.82, 2.24) is 19.4 Å². The van der Waals surface area contributed by atoms with Crippen LogP contribution in [-0.2, 0) is 0 Å². The Morgan fingerprint density at radius 3 is 2.74 bits per heavy atom. The molecule has 2 aromatic rings. The number of hydrogen-bond donors (Lipinski definition) is 2. The van der Waals surface area contributed by atoms with Gasteiger partial charge in [-0.1, -0.05) is 20.8 Å². The number of fused-ring (bicyclic) bond motifs is 1. The maximum absolute atomic E-state index is 11.6. The lowest BCUT2D eigenvalue weighted by Crippen LogP contribution is -2.45. The number of carbonyl (C=O) groups is 1. The summed E-state index contributed by atoms with van der Waals surface area (Å²) in [6.45, 7) is 6.75.